The van der Waals surface area contributed by atoms with Gasteiger partial charge in [-0.3, -0.25) is 4.99 Å². The molecule has 2 rings (SSSR count). The van der Waals surface area contributed by atoms with Crippen molar-refractivity contribution in [2.75, 3.05) is 11.1 Å². The van der Waals surface area contributed by atoms with Gasteiger partial charge in [-0.15, -0.1) is 0 Å². The van der Waals surface area contributed by atoms with Crippen LogP contribution in [0.1, 0.15) is 5.56 Å². The van der Waals surface area contributed by atoms with E-state index in [0.717, 1.165) is 17.9 Å². The van der Waals surface area contributed by atoms with E-state index in [4.69, 9.17) is 5.73 Å². The average Bonchev–Trinajstić information content (AvgIpc) is 2.04. The Morgan fingerprint density at radius 3 is 3.27 bits per heavy atom. The van der Waals surface area contributed by atoms with Crippen LogP contribution in [0.15, 0.2) is 23.2 Å². The van der Waals surface area contributed by atoms with Gasteiger partial charge in [-0.2, -0.15) is 0 Å². The highest BCUT2D eigenvalue weighted by molar-refractivity contribution is 5.80. The van der Waals surface area contributed by atoms with E-state index in [1.807, 2.05) is 18.2 Å². The first-order chi connectivity index (χ1) is 5.36. The second kappa shape index (κ2) is 2.27. The smallest absolute Gasteiger partial charge is 0.0872 e. The van der Waals surface area contributed by atoms with Crippen molar-refractivity contribution in [1.29, 1.82) is 0 Å². The molecule has 0 unspecified atom stereocenters. The lowest BCUT2D eigenvalue weighted by molar-refractivity contribution is 1.06. The maximum absolute atomic E-state index is 5.60. The zero-order valence-corrected chi connectivity index (χ0v) is 6.04. The topological polar surface area (TPSA) is 50.4 Å². The minimum absolute atomic E-state index is 0.753. The van der Waals surface area contributed by atoms with E-state index in [1.54, 1.807) is 6.34 Å². The number of rotatable bonds is 0. The fraction of sp³-hybridized carbons (Fsp3) is 0.125. The van der Waals surface area contributed by atoms with Crippen molar-refractivity contribution in [3.05, 3.63) is 23.8 Å². The molecule has 11 heavy (non-hydrogen) atoms. The van der Waals surface area contributed by atoms with E-state index in [2.05, 4.69) is 10.3 Å². The van der Waals surface area contributed by atoms with Gasteiger partial charge >= 0.3 is 0 Å². The zero-order chi connectivity index (χ0) is 7.68. The van der Waals surface area contributed by atoms with Gasteiger partial charge in [0.05, 0.1) is 12.9 Å². The van der Waals surface area contributed by atoms with Crippen molar-refractivity contribution in [1.82, 2.24) is 0 Å². The molecular weight excluding hydrogens is 138 g/mol. The summed E-state index contributed by atoms with van der Waals surface area (Å²) in [6.45, 7) is 0.753. The molecule has 0 bridgehead atoms. The van der Waals surface area contributed by atoms with Crippen molar-refractivity contribution in [3.8, 4) is 0 Å². The summed E-state index contributed by atoms with van der Waals surface area (Å²) in [4.78, 5) is 4.07. The van der Waals surface area contributed by atoms with Crippen LogP contribution in [0.4, 0.5) is 11.4 Å². The van der Waals surface area contributed by atoms with Crippen LogP contribution in [0, 0.1) is 0 Å². The minimum atomic E-state index is 0.753. The number of aliphatic imine (C=N–C) groups is 1. The number of nitrogens with one attached hydrogen (secondary N) is 1. The van der Waals surface area contributed by atoms with E-state index < -0.39 is 0 Å². The summed E-state index contributed by atoms with van der Waals surface area (Å²) in [5, 5.41) is 3.03. The quantitative estimate of drug-likeness (QED) is 0.542. The lowest BCUT2D eigenvalue weighted by Gasteiger charge is -2.11. The molecule has 0 amide bonds. The third-order valence-corrected chi connectivity index (χ3v) is 1.71. The van der Waals surface area contributed by atoms with E-state index in [1.165, 1.54) is 5.56 Å². The van der Waals surface area contributed by atoms with Gasteiger partial charge in [0.15, 0.2) is 0 Å². The van der Waals surface area contributed by atoms with Crippen molar-refractivity contribution in [3.63, 3.8) is 0 Å². The van der Waals surface area contributed by atoms with Gasteiger partial charge in [0, 0.05) is 11.4 Å². The van der Waals surface area contributed by atoms with E-state index in [-0.39, 0.29) is 0 Å². The molecule has 0 aromatic heterocycles. The molecule has 1 aliphatic heterocycles. The van der Waals surface area contributed by atoms with Crippen molar-refractivity contribution in [2.45, 2.75) is 6.54 Å². The molecule has 0 spiro atoms. The Morgan fingerprint density at radius 2 is 2.36 bits per heavy atom. The summed E-state index contributed by atoms with van der Waals surface area (Å²) >= 11 is 0. The Kier molecular flexibility index (Phi) is 1.28. The van der Waals surface area contributed by atoms with Gasteiger partial charge in [0.2, 0.25) is 0 Å². The standard InChI is InChI=1S/C8H9N3/c9-7-2-1-6-4-10-5-11-8(6)3-7/h1-3,5H,4,9H2,(H,10,11). The lowest BCUT2D eigenvalue weighted by atomic mass is 10.1. The molecule has 56 valence electrons. The third-order valence-electron chi connectivity index (χ3n) is 1.71. The second-order valence-corrected chi connectivity index (χ2v) is 2.53. The van der Waals surface area contributed by atoms with Crippen LogP contribution in [0.3, 0.4) is 0 Å². The van der Waals surface area contributed by atoms with Crippen LogP contribution in [-0.2, 0) is 6.54 Å². The number of fused-ring (bicyclic) bond motifs is 1. The highest BCUT2D eigenvalue weighted by Crippen LogP contribution is 2.21. The number of hydrogen-bond donors (Lipinski definition) is 2. The Bertz CT molecular complexity index is 304. The van der Waals surface area contributed by atoms with Crippen LogP contribution in [0.25, 0.3) is 0 Å². The van der Waals surface area contributed by atoms with Crippen LogP contribution >= 0.6 is 0 Å². The highest BCUT2D eigenvalue weighted by Gasteiger charge is 2.03. The predicted molar refractivity (Wildman–Crippen MR) is 46.7 cm³/mol. The molecule has 3 N–H and O–H groups in total. The minimum Gasteiger partial charge on any atom is -0.399 e. The zero-order valence-electron chi connectivity index (χ0n) is 6.04. The Labute approximate surface area is 64.9 Å². The van der Waals surface area contributed by atoms with Crippen LogP contribution in [0.2, 0.25) is 0 Å². The van der Waals surface area contributed by atoms with Gasteiger partial charge in [-0.05, 0) is 17.7 Å². The number of benzene rings is 1. The van der Waals surface area contributed by atoms with Crippen LogP contribution in [0.5, 0.6) is 0 Å². The number of nitrogens with zero attached hydrogens (tertiary/aromatic N) is 1. The van der Waals surface area contributed by atoms with Gasteiger partial charge < -0.3 is 11.1 Å². The Morgan fingerprint density at radius 1 is 1.45 bits per heavy atom. The summed E-state index contributed by atoms with van der Waals surface area (Å²) in [7, 11) is 0. The summed E-state index contributed by atoms with van der Waals surface area (Å²) < 4.78 is 0. The fourth-order valence-corrected chi connectivity index (χ4v) is 1.13. The van der Waals surface area contributed by atoms with Crippen LogP contribution < -0.4 is 11.1 Å². The summed E-state index contributed by atoms with van der Waals surface area (Å²) in [5.74, 6) is 0. The molecule has 1 aromatic carbocycles. The molecule has 3 nitrogen and oxygen atoms in total. The molecule has 0 atom stereocenters. The first kappa shape index (κ1) is 6.22. The lowest BCUT2D eigenvalue weighted by Crippen LogP contribution is -2.05. The molecule has 0 radical (unpaired) electrons. The molecule has 0 aliphatic carbocycles. The summed E-state index contributed by atoms with van der Waals surface area (Å²) in [5.41, 5.74) is 8.65. The second-order valence-electron chi connectivity index (χ2n) is 2.53. The fourth-order valence-electron chi connectivity index (χ4n) is 1.13. The third kappa shape index (κ3) is 1.05. The molecular formula is C8H9N3. The monoisotopic (exact) mass is 147 g/mol. The maximum Gasteiger partial charge on any atom is 0.0872 e. The average molecular weight is 147 g/mol. The molecule has 0 fully saturated rings. The van der Waals surface area contributed by atoms with Gasteiger partial charge in [0.1, 0.15) is 0 Å². The number of hydrogen-bond acceptors (Lipinski definition) is 3. The Balaban J connectivity index is 2.48. The largest absolute Gasteiger partial charge is 0.399 e. The van der Waals surface area contributed by atoms with Gasteiger partial charge in [-0.1, -0.05) is 6.07 Å². The summed E-state index contributed by atoms with van der Waals surface area (Å²) in [6, 6.07) is 5.80. The number of nitrogens with two attached hydrogens (primary N) is 1. The van der Waals surface area contributed by atoms with Crippen molar-refractivity contribution >= 4 is 17.7 Å². The molecule has 1 aromatic rings. The van der Waals surface area contributed by atoms with Crippen molar-refractivity contribution in [2.24, 2.45) is 4.99 Å². The molecule has 0 saturated heterocycles. The normalized spacial score (nSPS) is 13.8. The molecule has 0 saturated carbocycles. The van der Waals surface area contributed by atoms with Crippen LogP contribution in [-0.4, -0.2) is 6.34 Å². The molecule has 1 aliphatic rings. The maximum atomic E-state index is 5.60. The Hall–Kier alpha value is -1.51. The van der Waals surface area contributed by atoms with E-state index in [0.29, 0.717) is 0 Å². The van der Waals surface area contributed by atoms with Gasteiger partial charge in [0.25, 0.3) is 0 Å². The first-order valence-electron chi connectivity index (χ1n) is 3.49. The van der Waals surface area contributed by atoms with E-state index >= 15 is 0 Å². The van der Waals surface area contributed by atoms with Gasteiger partial charge in [-0.25, -0.2) is 0 Å². The number of anilines is 2. The van der Waals surface area contributed by atoms with E-state index in [9.17, 15) is 0 Å². The SMILES string of the molecule is Nc1ccc2c(c1)NC=NC2. The number of nitrogen functional groups attached to an aromatic ring is 1. The molecule has 3 heteroatoms. The highest BCUT2D eigenvalue weighted by atomic mass is 15.0. The van der Waals surface area contributed by atoms with Crippen molar-refractivity contribution < 1.29 is 0 Å². The first-order valence-corrected chi connectivity index (χ1v) is 3.49. The summed E-state index contributed by atoms with van der Waals surface area (Å²) in [6.07, 6.45) is 1.70. The molecule has 1 heterocycles. The predicted octanol–water partition coefficient (Wildman–Crippen LogP) is 1.22.